The van der Waals surface area contributed by atoms with Gasteiger partial charge >= 0.3 is 0 Å². The van der Waals surface area contributed by atoms with Crippen molar-refractivity contribution >= 4 is 0 Å². The monoisotopic (exact) mass is 333 g/mol. The van der Waals surface area contributed by atoms with Gasteiger partial charge in [0.15, 0.2) is 0 Å². The van der Waals surface area contributed by atoms with E-state index >= 15 is 0 Å². The summed E-state index contributed by atoms with van der Waals surface area (Å²) in [5.41, 5.74) is 1.09. The fraction of sp³-hybridized carbons (Fsp3) is 1.00. The Bertz CT molecular complexity index is 479. The van der Waals surface area contributed by atoms with Crippen molar-refractivity contribution in [2.24, 2.45) is 40.4 Å². The fourth-order valence-electron chi connectivity index (χ4n) is 8.30. The first-order valence-electron chi connectivity index (χ1n) is 10.8. The zero-order valence-corrected chi connectivity index (χ0v) is 16.4. The molecule has 0 amide bonds. The van der Waals surface area contributed by atoms with Gasteiger partial charge in [-0.1, -0.05) is 13.8 Å². The largest absolute Gasteiger partial charge is 0.393 e. The first kappa shape index (κ1) is 17.3. The molecule has 0 unspecified atom stereocenters. The van der Waals surface area contributed by atoms with Gasteiger partial charge in [0.05, 0.1) is 6.10 Å². The lowest BCUT2D eigenvalue weighted by molar-refractivity contribution is -0.127. The van der Waals surface area contributed by atoms with E-state index in [-0.39, 0.29) is 6.10 Å². The van der Waals surface area contributed by atoms with Crippen LogP contribution in [0.1, 0.15) is 78.6 Å². The van der Waals surface area contributed by atoms with Crippen molar-refractivity contribution in [1.29, 1.82) is 0 Å². The van der Waals surface area contributed by atoms with Crippen molar-refractivity contribution < 1.29 is 5.11 Å². The van der Waals surface area contributed by atoms with Crippen LogP contribution in [0.25, 0.3) is 0 Å². The molecule has 24 heavy (non-hydrogen) atoms. The van der Waals surface area contributed by atoms with E-state index in [2.05, 4.69) is 33.1 Å². The van der Waals surface area contributed by atoms with Crippen LogP contribution in [0.2, 0.25) is 0 Å². The van der Waals surface area contributed by atoms with Crippen LogP contribution in [0, 0.1) is 40.4 Å². The predicted molar refractivity (Wildman–Crippen MR) is 99.7 cm³/mol. The Hall–Kier alpha value is -0.0800. The molecule has 138 valence electrons. The molecule has 0 bridgehead atoms. The normalized spacial score (nSPS) is 55.4. The maximum Gasteiger partial charge on any atom is 0.0543 e. The molecule has 4 rings (SSSR count). The minimum atomic E-state index is -0.0131. The van der Waals surface area contributed by atoms with Crippen molar-refractivity contribution in [3.05, 3.63) is 0 Å². The summed E-state index contributed by atoms with van der Waals surface area (Å²) in [4.78, 5) is 0. The number of aliphatic hydroxyl groups is 1. The summed E-state index contributed by atoms with van der Waals surface area (Å²) in [5, 5.41) is 13.7. The Balaban J connectivity index is 1.59. The molecule has 0 radical (unpaired) electrons. The molecule has 0 aromatic carbocycles. The maximum atomic E-state index is 10.2. The summed E-state index contributed by atoms with van der Waals surface area (Å²) >= 11 is 0. The molecule has 9 atom stereocenters. The molecule has 4 fully saturated rings. The van der Waals surface area contributed by atoms with E-state index in [1.807, 2.05) is 0 Å². The van der Waals surface area contributed by atoms with Crippen LogP contribution in [-0.4, -0.2) is 24.3 Å². The van der Waals surface area contributed by atoms with Gasteiger partial charge in [0, 0.05) is 6.04 Å². The highest BCUT2D eigenvalue weighted by Crippen LogP contribution is 2.67. The number of fused-ring (bicyclic) bond motifs is 5. The molecule has 0 aromatic heterocycles. The van der Waals surface area contributed by atoms with E-state index in [4.69, 9.17) is 0 Å². The Morgan fingerprint density at radius 2 is 1.62 bits per heavy atom. The van der Waals surface area contributed by atoms with Crippen LogP contribution in [0.4, 0.5) is 0 Å². The van der Waals surface area contributed by atoms with Gasteiger partial charge in [0.2, 0.25) is 0 Å². The van der Waals surface area contributed by atoms with E-state index in [0.717, 1.165) is 42.4 Å². The van der Waals surface area contributed by atoms with Crippen molar-refractivity contribution in [3.63, 3.8) is 0 Å². The maximum absolute atomic E-state index is 10.2. The van der Waals surface area contributed by atoms with E-state index in [1.165, 1.54) is 44.9 Å². The predicted octanol–water partition coefficient (Wildman–Crippen LogP) is 4.61. The third kappa shape index (κ3) is 2.35. The van der Waals surface area contributed by atoms with Crippen molar-refractivity contribution in [3.8, 4) is 0 Å². The van der Waals surface area contributed by atoms with E-state index < -0.39 is 0 Å². The highest BCUT2D eigenvalue weighted by Gasteiger charge is 2.60. The summed E-state index contributed by atoms with van der Waals surface area (Å²) in [7, 11) is 2.15. The molecule has 0 aromatic rings. The molecule has 4 aliphatic carbocycles. The third-order valence-corrected chi connectivity index (χ3v) is 9.77. The van der Waals surface area contributed by atoms with Crippen molar-refractivity contribution in [1.82, 2.24) is 5.32 Å². The Kier molecular flexibility index (Phi) is 4.32. The average Bonchev–Trinajstić information content (AvgIpc) is 2.92. The first-order chi connectivity index (χ1) is 11.4. The Morgan fingerprint density at radius 3 is 2.38 bits per heavy atom. The van der Waals surface area contributed by atoms with Gasteiger partial charge in [0.25, 0.3) is 0 Å². The van der Waals surface area contributed by atoms with Gasteiger partial charge in [0.1, 0.15) is 0 Å². The van der Waals surface area contributed by atoms with Crippen LogP contribution < -0.4 is 5.32 Å². The van der Waals surface area contributed by atoms with Crippen molar-refractivity contribution in [2.75, 3.05) is 7.05 Å². The summed E-state index contributed by atoms with van der Waals surface area (Å²) in [6.07, 6.45) is 12.0. The topological polar surface area (TPSA) is 32.3 Å². The second kappa shape index (κ2) is 5.98. The SMILES string of the molecule is CN[C@H](C)[C@H]1CC[C@H]2[C@@H]3CC[C@H]4C[C@H](O)CC[C@@]4(C)[C@@H]3CC[C@]12C. The first-order valence-corrected chi connectivity index (χ1v) is 10.8. The van der Waals surface area contributed by atoms with E-state index in [0.29, 0.717) is 16.9 Å². The minimum Gasteiger partial charge on any atom is -0.393 e. The number of hydrogen-bond acceptors (Lipinski definition) is 2. The third-order valence-electron chi connectivity index (χ3n) is 9.77. The van der Waals surface area contributed by atoms with Crippen LogP contribution in [-0.2, 0) is 0 Å². The molecule has 0 heterocycles. The van der Waals surface area contributed by atoms with Gasteiger partial charge in [-0.3, -0.25) is 0 Å². The number of nitrogens with one attached hydrogen (secondary N) is 1. The molecule has 0 spiro atoms. The highest BCUT2D eigenvalue weighted by atomic mass is 16.3. The van der Waals surface area contributed by atoms with Gasteiger partial charge in [-0.25, -0.2) is 0 Å². The molecular weight excluding hydrogens is 294 g/mol. The standard InChI is InChI=1S/C22H39NO/c1-14(23-4)18-7-8-19-17-6-5-15-13-16(24)9-11-21(15,2)20(17)10-12-22(18,19)3/h14-20,23-24H,5-13H2,1-4H3/t14-,15+,16-,17+,18-,19+,20-,21-,22-/m1/s1. The molecule has 2 heteroatoms. The summed E-state index contributed by atoms with van der Waals surface area (Å²) < 4.78 is 0. The Labute approximate surface area is 149 Å². The van der Waals surface area contributed by atoms with Crippen LogP contribution >= 0.6 is 0 Å². The van der Waals surface area contributed by atoms with Crippen LogP contribution in [0.15, 0.2) is 0 Å². The summed E-state index contributed by atoms with van der Waals surface area (Å²) in [5.74, 6) is 4.52. The Morgan fingerprint density at radius 1 is 0.917 bits per heavy atom. The van der Waals surface area contributed by atoms with E-state index in [9.17, 15) is 5.11 Å². The molecular formula is C22H39NO. The molecule has 2 N–H and O–H groups in total. The van der Waals surface area contributed by atoms with E-state index in [1.54, 1.807) is 0 Å². The molecule has 4 aliphatic rings. The number of aliphatic hydroxyl groups excluding tert-OH is 1. The summed E-state index contributed by atoms with van der Waals surface area (Å²) in [6.45, 7) is 7.65. The fourth-order valence-corrected chi connectivity index (χ4v) is 8.30. The zero-order valence-electron chi connectivity index (χ0n) is 16.4. The number of rotatable bonds is 2. The highest BCUT2D eigenvalue weighted by molar-refractivity contribution is 5.10. The second-order valence-corrected chi connectivity index (χ2v) is 10.4. The van der Waals surface area contributed by atoms with Crippen LogP contribution in [0.3, 0.4) is 0 Å². The summed E-state index contributed by atoms with van der Waals surface area (Å²) in [6, 6.07) is 0.660. The number of hydrogen-bond donors (Lipinski definition) is 2. The van der Waals surface area contributed by atoms with Gasteiger partial charge in [-0.15, -0.1) is 0 Å². The average molecular weight is 334 g/mol. The lowest BCUT2D eigenvalue weighted by atomic mass is 9.44. The zero-order chi connectivity index (χ0) is 17.1. The minimum absolute atomic E-state index is 0.0131. The molecule has 2 nitrogen and oxygen atoms in total. The van der Waals surface area contributed by atoms with Gasteiger partial charge < -0.3 is 10.4 Å². The molecule has 0 saturated heterocycles. The van der Waals surface area contributed by atoms with Crippen molar-refractivity contribution in [2.45, 2.75) is 90.7 Å². The lowest BCUT2D eigenvalue weighted by Crippen LogP contribution is -2.54. The second-order valence-electron chi connectivity index (χ2n) is 10.4. The van der Waals surface area contributed by atoms with Gasteiger partial charge in [-0.2, -0.15) is 0 Å². The quantitative estimate of drug-likeness (QED) is 0.773. The van der Waals surface area contributed by atoms with Gasteiger partial charge in [-0.05, 0) is 112 Å². The molecule has 4 saturated carbocycles. The van der Waals surface area contributed by atoms with Crippen LogP contribution in [0.5, 0.6) is 0 Å². The lowest BCUT2D eigenvalue weighted by Gasteiger charge is -2.61. The smallest absolute Gasteiger partial charge is 0.0543 e. The molecule has 0 aliphatic heterocycles.